The molecule has 4 heterocycles. The zero-order valence-corrected chi connectivity index (χ0v) is 17.7. The van der Waals surface area contributed by atoms with Gasteiger partial charge in [-0.2, -0.15) is 0 Å². The van der Waals surface area contributed by atoms with Crippen molar-refractivity contribution >= 4 is 11.7 Å². The van der Waals surface area contributed by atoms with Crippen LogP contribution in [0.1, 0.15) is 12.8 Å². The summed E-state index contributed by atoms with van der Waals surface area (Å²) in [4.78, 5) is 20.3. The SMILES string of the molecule is CC(=O)Nc1cc(-c2nnc(-c3ccccc3)o2)c(-c2ccnc(-c3nnc(C)o3)c2)cn1. The van der Waals surface area contributed by atoms with Crippen LogP contribution in [-0.2, 0) is 4.79 Å². The Morgan fingerprint density at radius 2 is 1.61 bits per heavy atom. The third kappa shape index (κ3) is 4.22. The van der Waals surface area contributed by atoms with Crippen LogP contribution in [0.2, 0.25) is 0 Å². The summed E-state index contributed by atoms with van der Waals surface area (Å²) in [6.07, 6.45) is 3.27. The quantitative estimate of drug-likeness (QED) is 0.428. The van der Waals surface area contributed by atoms with E-state index in [1.54, 1.807) is 31.5 Å². The van der Waals surface area contributed by atoms with Crippen molar-refractivity contribution in [2.24, 2.45) is 0 Å². The van der Waals surface area contributed by atoms with Gasteiger partial charge in [-0.1, -0.05) is 18.2 Å². The molecule has 0 unspecified atom stereocenters. The fraction of sp³-hybridized carbons (Fsp3) is 0.0870. The van der Waals surface area contributed by atoms with Gasteiger partial charge in [0.05, 0.1) is 5.56 Å². The number of aryl methyl sites for hydroxylation is 1. The fourth-order valence-electron chi connectivity index (χ4n) is 3.26. The molecule has 5 rings (SSSR count). The highest BCUT2D eigenvalue weighted by molar-refractivity contribution is 5.90. The number of anilines is 1. The molecule has 4 aromatic heterocycles. The fourth-order valence-corrected chi connectivity index (χ4v) is 3.26. The molecule has 10 heteroatoms. The number of amides is 1. The Morgan fingerprint density at radius 1 is 0.818 bits per heavy atom. The first kappa shape index (κ1) is 20.2. The Morgan fingerprint density at radius 3 is 2.36 bits per heavy atom. The molecule has 1 amide bonds. The molecule has 5 aromatic rings. The van der Waals surface area contributed by atoms with E-state index in [4.69, 9.17) is 8.83 Å². The molecule has 1 N–H and O–H groups in total. The van der Waals surface area contributed by atoms with Crippen LogP contribution in [0.15, 0.2) is 69.8 Å². The molecule has 0 radical (unpaired) electrons. The molecule has 10 nitrogen and oxygen atoms in total. The highest BCUT2D eigenvalue weighted by atomic mass is 16.4. The molecule has 0 aliphatic carbocycles. The Bertz CT molecular complexity index is 1440. The Hall–Kier alpha value is -4.73. The predicted octanol–water partition coefficient (Wildman–Crippen LogP) is 4.18. The van der Waals surface area contributed by atoms with Gasteiger partial charge >= 0.3 is 0 Å². The Labute approximate surface area is 187 Å². The molecule has 0 bridgehead atoms. The molecule has 162 valence electrons. The summed E-state index contributed by atoms with van der Waals surface area (Å²) in [7, 11) is 0. The van der Waals surface area contributed by atoms with Crippen LogP contribution in [0, 0.1) is 6.92 Å². The summed E-state index contributed by atoms with van der Waals surface area (Å²) in [6.45, 7) is 3.13. The summed E-state index contributed by atoms with van der Waals surface area (Å²) in [6, 6.07) is 14.8. The molecular formula is C23H17N7O3. The minimum atomic E-state index is -0.241. The number of rotatable bonds is 5. The zero-order chi connectivity index (χ0) is 22.8. The number of hydrogen-bond acceptors (Lipinski definition) is 9. The number of aromatic nitrogens is 6. The van der Waals surface area contributed by atoms with Crippen LogP contribution in [0.25, 0.3) is 45.6 Å². The largest absolute Gasteiger partial charge is 0.420 e. The molecule has 0 fully saturated rings. The number of nitrogens with zero attached hydrogens (tertiary/aromatic N) is 6. The third-order valence-corrected chi connectivity index (χ3v) is 4.70. The van der Waals surface area contributed by atoms with Crippen molar-refractivity contribution in [2.75, 3.05) is 5.32 Å². The number of carbonyl (C=O) groups is 1. The van der Waals surface area contributed by atoms with Crippen molar-refractivity contribution in [1.29, 1.82) is 0 Å². The van der Waals surface area contributed by atoms with E-state index >= 15 is 0 Å². The molecule has 0 aliphatic heterocycles. The highest BCUT2D eigenvalue weighted by Crippen LogP contribution is 2.35. The summed E-state index contributed by atoms with van der Waals surface area (Å²) < 4.78 is 11.5. The van der Waals surface area contributed by atoms with E-state index < -0.39 is 0 Å². The Kier molecular flexibility index (Phi) is 5.15. The maximum atomic E-state index is 11.6. The van der Waals surface area contributed by atoms with E-state index in [9.17, 15) is 4.79 Å². The first-order chi connectivity index (χ1) is 16.1. The van der Waals surface area contributed by atoms with Gasteiger partial charge in [-0.05, 0) is 35.9 Å². The monoisotopic (exact) mass is 439 g/mol. The van der Waals surface area contributed by atoms with Gasteiger partial charge < -0.3 is 14.2 Å². The zero-order valence-electron chi connectivity index (χ0n) is 17.7. The van der Waals surface area contributed by atoms with Gasteiger partial charge in [-0.25, -0.2) is 4.98 Å². The molecule has 33 heavy (non-hydrogen) atoms. The topological polar surface area (TPSA) is 133 Å². The van der Waals surface area contributed by atoms with Crippen LogP contribution < -0.4 is 5.32 Å². The van der Waals surface area contributed by atoms with E-state index in [1.165, 1.54) is 6.92 Å². The van der Waals surface area contributed by atoms with E-state index in [1.807, 2.05) is 36.4 Å². The first-order valence-electron chi connectivity index (χ1n) is 10.0. The molecule has 0 atom stereocenters. The van der Waals surface area contributed by atoms with Gasteiger partial charge in [-0.15, -0.1) is 20.4 Å². The summed E-state index contributed by atoms with van der Waals surface area (Å²) in [5, 5.41) is 19.0. The molecule has 1 aromatic carbocycles. The lowest BCUT2D eigenvalue weighted by Crippen LogP contribution is -2.07. The van der Waals surface area contributed by atoms with Crippen LogP contribution in [0.4, 0.5) is 5.82 Å². The number of nitrogens with one attached hydrogen (secondary N) is 1. The molecule has 0 saturated carbocycles. The average molecular weight is 439 g/mol. The van der Waals surface area contributed by atoms with Gasteiger partial charge in [-0.3, -0.25) is 9.78 Å². The highest BCUT2D eigenvalue weighted by Gasteiger charge is 2.18. The summed E-state index contributed by atoms with van der Waals surface area (Å²) in [5.41, 5.74) is 3.38. The number of benzene rings is 1. The van der Waals surface area contributed by atoms with E-state index in [0.29, 0.717) is 40.3 Å². The Balaban J connectivity index is 1.62. The lowest BCUT2D eigenvalue weighted by Gasteiger charge is -2.10. The van der Waals surface area contributed by atoms with Gasteiger partial charge in [0.15, 0.2) is 0 Å². The maximum Gasteiger partial charge on any atom is 0.266 e. The molecule has 0 aliphatic rings. The van der Waals surface area contributed by atoms with Crippen molar-refractivity contribution in [2.45, 2.75) is 13.8 Å². The second kappa shape index (κ2) is 8.42. The van der Waals surface area contributed by atoms with Gasteiger partial charge in [0.25, 0.3) is 5.89 Å². The van der Waals surface area contributed by atoms with E-state index in [-0.39, 0.29) is 11.8 Å². The summed E-state index contributed by atoms with van der Waals surface area (Å²) in [5.74, 6) is 1.54. The first-order valence-corrected chi connectivity index (χ1v) is 10.0. The van der Waals surface area contributed by atoms with Crippen LogP contribution in [0.3, 0.4) is 0 Å². The second-order valence-corrected chi connectivity index (χ2v) is 7.13. The minimum Gasteiger partial charge on any atom is -0.420 e. The van der Waals surface area contributed by atoms with Crippen LogP contribution in [0.5, 0.6) is 0 Å². The molecular weight excluding hydrogens is 422 g/mol. The normalized spacial score (nSPS) is 10.8. The second-order valence-electron chi connectivity index (χ2n) is 7.13. The van der Waals surface area contributed by atoms with Crippen molar-refractivity contribution in [3.63, 3.8) is 0 Å². The van der Waals surface area contributed by atoms with Gasteiger partial charge in [0, 0.05) is 37.4 Å². The molecule has 0 spiro atoms. The van der Waals surface area contributed by atoms with Gasteiger partial charge in [0.1, 0.15) is 11.5 Å². The van der Waals surface area contributed by atoms with Crippen LogP contribution >= 0.6 is 0 Å². The minimum absolute atomic E-state index is 0.241. The number of hydrogen-bond donors (Lipinski definition) is 1. The van der Waals surface area contributed by atoms with Gasteiger partial charge in [0.2, 0.25) is 23.6 Å². The van der Waals surface area contributed by atoms with Crippen molar-refractivity contribution in [3.05, 3.63) is 66.8 Å². The van der Waals surface area contributed by atoms with Crippen molar-refractivity contribution in [1.82, 2.24) is 30.4 Å². The van der Waals surface area contributed by atoms with Crippen molar-refractivity contribution in [3.8, 4) is 45.6 Å². The molecule has 0 saturated heterocycles. The lowest BCUT2D eigenvalue weighted by atomic mass is 10.0. The average Bonchev–Trinajstić information content (AvgIpc) is 3.49. The number of carbonyl (C=O) groups excluding carboxylic acids is 1. The summed E-state index contributed by atoms with van der Waals surface area (Å²) >= 11 is 0. The standard InChI is InChI=1S/C23H17N7O3/c1-13(31)26-20-11-17(22-29-28-21(33-22)15-6-4-3-5-7-15)18(12-25-20)16-8-9-24-19(10-16)23-30-27-14(2)32-23/h3-12H,1-2H3,(H,25,26,31). The number of pyridine rings is 2. The van der Waals surface area contributed by atoms with Crippen molar-refractivity contribution < 1.29 is 13.6 Å². The van der Waals surface area contributed by atoms with E-state index in [0.717, 1.165) is 11.1 Å². The van der Waals surface area contributed by atoms with E-state index in [2.05, 4.69) is 35.7 Å². The smallest absolute Gasteiger partial charge is 0.266 e. The lowest BCUT2D eigenvalue weighted by molar-refractivity contribution is -0.114. The predicted molar refractivity (Wildman–Crippen MR) is 119 cm³/mol. The maximum absolute atomic E-state index is 11.6. The third-order valence-electron chi connectivity index (χ3n) is 4.70. The van der Waals surface area contributed by atoms with Crippen LogP contribution in [-0.4, -0.2) is 36.3 Å².